The summed E-state index contributed by atoms with van der Waals surface area (Å²) in [4.78, 5) is 12.0. The summed E-state index contributed by atoms with van der Waals surface area (Å²) < 4.78 is 17.8. The second-order valence-electron chi connectivity index (χ2n) is 4.67. The van der Waals surface area contributed by atoms with Gasteiger partial charge >= 0.3 is 5.97 Å². The third-order valence-corrected chi connectivity index (χ3v) is 4.45. The molecule has 3 nitrogen and oxygen atoms in total. The molecule has 0 radical (unpaired) electrons. The standard InChI is InChI=1S/C14H18FNO2S/c1-18-13(17)14(6-8-19-9-7-14)16-10-11-2-4-12(15)5-3-11/h2-5,16H,6-10H2,1H3. The van der Waals surface area contributed by atoms with Crippen LogP contribution >= 0.6 is 11.8 Å². The Bertz CT molecular complexity index is 430. The molecule has 0 amide bonds. The lowest BCUT2D eigenvalue weighted by molar-refractivity contribution is -0.149. The highest BCUT2D eigenvalue weighted by atomic mass is 32.2. The van der Waals surface area contributed by atoms with Gasteiger partial charge < -0.3 is 4.74 Å². The molecule has 0 atom stereocenters. The van der Waals surface area contributed by atoms with Crippen molar-refractivity contribution in [3.05, 3.63) is 35.6 Å². The van der Waals surface area contributed by atoms with Crippen molar-refractivity contribution >= 4 is 17.7 Å². The van der Waals surface area contributed by atoms with E-state index < -0.39 is 5.54 Å². The van der Waals surface area contributed by atoms with Crippen LogP contribution in [-0.2, 0) is 16.1 Å². The van der Waals surface area contributed by atoms with Gasteiger partial charge in [0.25, 0.3) is 0 Å². The summed E-state index contributed by atoms with van der Waals surface area (Å²) in [5, 5.41) is 3.31. The lowest BCUT2D eigenvalue weighted by Gasteiger charge is -2.35. The highest BCUT2D eigenvalue weighted by molar-refractivity contribution is 7.99. The number of ether oxygens (including phenoxy) is 1. The molecule has 104 valence electrons. The van der Waals surface area contributed by atoms with E-state index in [4.69, 9.17) is 4.74 Å². The minimum atomic E-state index is -0.589. The van der Waals surface area contributed by atoms with Crippen molar-refractivity contribution in [2.75, 3.05) is 18.6 Å². The number of hydrogen-bond donors (Lipinski definition) is 1. The Morgan fingerprint density at radius 1 is 1.37 bits per heavy atom. The monoisotopic (exact) mass is 283 g/mol. The fourth-order valence-corrected chi connectivity index (χ4v) is 3.43. The van der Waals surface area contributed by atoms with Gasteiger partial charge in [-0.05, 0) is 42.0 Å². The lowest BCUT2D eigenvalue weighted by Crippen LogP contribution is -2.54. The van der Waals surface area contributed by atoms with E-state index >= 15 is 0 Å². The van der Waals surface area contributed by atoms with E-state index in [1.165, 1.54) is 19.2 Å². The summed E-state index contributed by atoms with van der Waals surface area (Å²) in [6.07, 6.45) is 1.54. The van der Waals surface area contributed by atoms with Crippen molar-refractivity contribution in [2.45, 2.75) is 24.9 Å². The van der Waals surface area contributed by atoms with E-state index in [-0.39, 0.29) is 11.8 Å². The Hall–Kier alpha value is -1.07. The Morgan fingerprint density at radius 2 is 2.00 bits per heavy atom. The fourth-order valence-electron chi connectivity index (χ4n) is 2.24. The molecule has 0 unspecified atom stereocenters. The van der Waals surface area contributed by atoms with Crippen LogP contribution in [0.25, 0.3) is 0 Å². The second kappa shape index (κ2) is 6.39. The first-order chi connectivity index (χ1) is 9.16. The van der Waals surface area contributed by atoms with Crippen LogP contribution in [0.3, 0.4) is 0 Å². The summed E-state index contributed by atoms with van der Waals surface area (Å²) in [6.45, 7) is 0.542. The topological polar surface area (TPSA) is 38.3 Å². The smallest absolute Gasteiger partial charge is 0.326 e. The number of esters is 1. The molecular formula is C14H18FNO2S. The van der Waals surface area contributed by atoms with E-state index in [0.717, 1.165) is 29.9 Å². The summed E-state index contributed by atoms with van der Waals surface area (Å²) in [5.74, 6) is 1.45. The molecule has 0 bridgehead atoms. The third kappa shape index (κ3) is 3.48. The van der Waals surface area contributed by atoms with Crippen LogP contribution in [0.1, 0.15) is 18.4 Å². The maximum atomic E-state index is 12.8. The highest BCUT2D eigenvalue weighted by Gasteiger charge is 2.40. The van der Waals surface area contributed by atoms with Gasteiger partial charge in [-0.2, -0.15) is 11.8 Å². The van der Waals surface area contributed by atoms with Gasteiger partial charge in [-0.1, -0.05) is 12.1 Å². The van der Waals surface area contributed by atoms with Crippen molar-refractivity contribution in [3.63, 3.8) is 0 Å². The molecular weight excluding hydrogens is 265 g/mol. The van der Waals surface area contributed by atoms with Crippen LogP contribution in [0.15, 0.2) is 24.3 Å². The van der Waals surface area contributed by atoms with Gasteiger partial charge in [0.05, 0.1) is 7.11 Å². The van der Waals surface area contributed by atoms with Crippen LogP contribution in [0.4, 0.5) is 4.39 Å². The van der Waals surface area contributed by atoms with E-state index in [1.54, 1.807) is 12.1 Å². The minimum absolute atomic E-state index is 0.199. The molecule has 19 heavy (non-hydrogen) atoms. The van der Waals surface area contributed by atoms with Gasteiger partial charge in [0, 0.05) is 6.54 Å². The number of methoxy groups -OCH3 is 1. The highest BCUT2D eigenvalue weighted by Crippen LogP contribution is 2.28. The maximum absolute atomic E-state index is 12.8. The molecule has 1 aromatic carbocycles. The van der Waals surface area contributed by atoms with E-state index in [2.05, 4.69) is 5.32 Å². The van der Waals surface area contributed by atoms with E-state index in [9.17, 15) is 9.18 Å². The van der Waals surface area contributed by atoms with Crippen LogP contribution < -0.4 is 5.32 Å². The molecule has 1 aliphatic rings. The van der Waals surface area contributed by atoms with Crippen LogP contribution in [0.2, 0.25) is 0 Å². The van der Waals surface area contributed by atoms with Crippen molar-refractivity contribution in [3.8, 4) is 0 Å². The maximum Gasteiger partial charge on any atom is 0.326 e. The predicted molar refractivity (Wildman–Crippen MR) is 74.5 cm³/mol. The van der Waals surface area contributed by atoms with Gasteiger partial charge in [-0.15, -0.1) is 0 Å². The van der Waals surface area contributed by atoms with Crippen molar-refractivity contribution in [1.29, 1.82) is 0 Å². The third-order valence-electron chi connectivity index (χ3n) is 3.47. The fraction of sp³-hybridized carbons (Fsp3) is 0.500. The number of nitrogens with one attached hydrogen (secondary N) is 1. The van der Waals surface area contributed by atoms with Crippen molar-refractivity contribution in [1.82, 2.24) is 5.32 Å². The molecule has 1 heterocycles. The molecule has 1 aromatic rings. The first-order valence-corrected chi connectivity index (χ1v) is 7.47. The number of rotatable bonds is 4. The average molecular weight is 283 g/mol. The number of hydrogen-bond acceptors (Lipinski definition) is 4. The molecule has 1 fully saturated rings. The summed E-state index contributed by atoms with van der Waals surface area (Å²) in [7, 11) is 1.42. The zero-order chi connectivity index (χ0) is 13.7. The van der Waals surface area contributed by atoms with Crippen LogP contribution in [0.5, 0.6) is 0 Å². The Labute approximate surface area is 116 Å². The predicted octanol–water partition coefficient (Wildman–Crippen LogP) is 2.35. The molecule has 5 heteroatoms. The van der Waals surface area contributed by atoms with Crippen LogP contribution in [-0.4, -0.2) is 30.1 Å². The zero-order valence-corrected chi connectivity index (χ0v) is 11.8. The average Bonchev–Trinajstić information content (AvgIpc) is 2.47. The molecule has 0 spiro atoms. The zero-order valence-electron chi connectivity index (χ0n) is 10.9. The molecule has 0 saturated carbocycles. The summed E-state index contributed by atoms with van der Waals surface area (Å²) in [6, 6.07) is 6.31. The Morgan fingerprint density at radius 3 is 2.58 bits per heavy atom. The lowest BCUT2D eigenvalue weighted by atomic mass is 9.92. The van der Waals surface area contributed by atoms with Crippen LogP contribution in [0, 0.1) is 5.82 Å². The normalized spacial score (nSPS) is 18.0. The second-order valence-corrected chi connectivity index (χ2v) is 5.89. The molecule has 1 N–H and O–H groups in total. The van der Waals surface area contributed by atoms with E-state index in [1.807, 2.05) is 11.8 Å². The van der Waals surface area contributed by atoms with Gasteiger partial charge in [0.15, 0.2) is 0 Å². The number of carbonyl (C=O) groups excluding carboxylic acids is 1. The first-order valence-electron chi connectivity index (χ1n) is 6.32. The molecule has 1 aliphatic heterocycles. The molecule has 1 saturated heterocycles. The molecule has 0 aromatic heterocycles. The van der Waals surface area contributed by atoms with Gasteiger partial charge in [-0.3, -0.25) is 10.1 Å². The minimum Gasteiger partial charge on any atom is -0.468 e. The quantitative estimate of drug-likeness (QED) is 0.861. The van der Waals surface area contributed by atoms with Crippen molar-refractivity contribution < 1.29 is 13.9 Å². The van der Waals surface area contributed by atoms with Gasteiger partial charge in [0.2, 0.25) is 0 Å². The van der Waals surface area contributed by atoms with Gasteiger partial charge in [-0.25, -0.2) is 4.39 Å². The number of thioether (sulfide) groups is 1. The molecule has 2 rings (SSSR count). The summed E-state index contributed by atoms with van der Waals surface area (Å²) in [5.41, 5.74) is 0.372. The first kappa shape index (κ1) is 14.3. The Balaban J connectivity index is 2.04. The molecule has 0 aliphatic carbocycles. The summed E-state index contributed by atoms with van der Waals surface area (Å²) >= 11 is 1.85. The number of benzene rings is 1. The number of carbonyl (C=O) groups is 1. The number of halogens is 1. The largest absolute Gasteiger partial charge is 0.468 e. The SMILES string of the molecule is COC(=O)C1(NCc2ccc(F)cc2)CCSCC1. The van der Waals surface area contributed by atoms with Gasteiger partial charge in [0.1, 0.15) is 11.4 Å². The Kier molecular flexibility index (Phi) is 4.82. The van der Waals surface area contributed by atoms with E-state index in [0.29, 0.717) is 6.54 Å². The van der Waals surface area contributed by atoms with Crippen molar-refractivity contribution in [2.24, 2.45) is 0 Å².